The zero-order valence-corrected chi connectivity index (χ0v) is 24.5. The number of carbonyl (C=O) groups excluding carboxylic acids is 1. The molecule has 0 aliphatic carbocycles. The SMILES string of the molecule is CC(=O)N1CCC(CN2CC[C@@H](Cc3cn(-c4ccc(F)cc4C[N+]4=[S-](=O)CCC4)c4cncc(C)c34)C2)CC1. The maximum atomic E-state index is 14.4. The minimum absolute atomic E-state index is 0.197. The molecule has 3 aliphatic rings. The molecular formula is C31H40FN5O2S. The van der Waals surface area contributed by atoms with Crippen LogP contribution in [0.25, 0.3) is 16.6 Å². The van der Waals surface area contributed by atoms with Crippen LogP contribution < -0.4 is 0 Å². The first kappa shape index (κ1) is 27.4. The van der Waals surface area contributed by atoms with E-state index in [1.165, 1.54) is 23.4 Å². The van der Waals surface area contributed by atoms with Gasteiger partial charge in [-0.15, -0.1) is 0 Å². The second-order valence-corrected chi connectivity index (χ2v) is 13.5. The number of piperidine rings is 1. The van der Waals surface area contributed by atoms with Gasteiger partial charge in [-0.2, -0.15) is 0 Å². The Morgan fingerprint density at radius 1 is 1.12 bits per heavy atom. The first-order chi connectivity index (χ1) is 19.4. The van der Waals surface area contributed by atoms with Crippen LogP contribution in [-0.2, 0) is 32.6 Å². The monoisotopic (exact) mass is 565 g/mol. The van der Waals surface area contributed by atoms with E-state index in [1.807, 2.05) is 27.3 Å². The predicted molar refractivity (Wildman–Crippen MR) is 155 cm³/mol. The minimum atomic E-state index is -1.00. The van der Waals surface area contributed by atoms with E-state index in [-0.39, 0.29) is 11.7 Å². The van der Waals surface area contributed by atoms with Gasteiger partial charge in [0.25, 0.3) is 0 Å². The third-order valence-corrected chi connectivity index (χ3v) is 10.6. The zero-order chi connectivity index (χ0) is 27.8. The van der Waals surface area contributed by atoms with Crippen LogP contribution in [0.3, 0.4) is 0 Å². The lowest BCUT2D eigenvalue weighted by molar-refractivity contribution is -0.513. The van der Waals surface area contributed by atoms with Crippen LogP contribution in [0.5, 0.6) is 0 Å². The van der Waals surface area contributed by atoms with Gasteiger partial charge >= 0.3 is 0 Å². The molecule has 5 heterocycles. The quantitative estimate of drug-likeness (QED) is 0.309. The molecule has 2 saturated heterocycles. The molecule has 40 heavy (non-hydrogen) atoms. The van der Waals surface area contributed by atoms with Gasteiger partial charge in [-0.05, 0) is 103 Å². The number of nitrogens with zero attached hydrogens (tertiary/aromatic N) is 5. The highest BCUT2D eigenvalue weighted by Gasteiger charge is 2.28. The number of halogens is 1. The second kappa shape index (κ2) is 11.6. The van der Waals surface area contributed by atoms with Crippen molar-refractivity contribution in [1.82, 2.24) is 19.4 Å². The molecule has 9 heteroatoms. The normalized spacial score (nSPS) is 21.2. The summed E-state index contributed by atoms with van der Waals surface area (Å²) in [6.45, 7) is 10.2. The van der Waals surface area contributed by atoms with Crippen LogP contribution >= 0.6 is 0 Å². The van der Waals surface area contributed by atoms with Crippen molar-refractivity contribution in [2.45, 2.75) is 52.5 Å². The minimum Gasteiger partial charge on any atom is -0.400 e. The Kier molecular flexibility index (Phi) is 7.95. The highest BCUT2D eigenvalue weighted by Crippen LogP contribution is 2.33. The zero-order valence-electron chi connectivity index (χ0n) is 23.6. The second-order valence-electron chi connectivity index (χ2n) is 12.0. The Bertz CT molecular complexity index is 1500. The Morgan fingerprint density at radius 2 is 1.93 bits per heavy atom. The van der Waals surface area contributed by atoms with Crippen LogP contribution in [0.2, 0.25) is 0 Å². The first-order valence-corrected chi connectivity index (χ1v) is 16.0. The number of fused-ring (bicyclic) bond motifs is 1. The molecule has 1 atom stereocenters. The fourth-order valence-electron chi connectivity index (χ4n) is 7.00. The Balaban J connectivity index is 1.22. The summed E-state index contributed by atoms with van der Waals surface area (Å²) >= 11 is 0. The number of likely N-dealkylation sites (tertiary alicyclic amines) is 2. The van der Waals surface area contributed by atoms with Crippen molar-refractivity contribution in [3.63, 3.8) is 0 Å². The summed E-state index contributed by atoms with van der Waals surface area (Å²) < 4.78 is 31.0. The molecule has 1 amide bonds. The van der Waals surface area contributed by atoms with Gasteiger partial charge in [-0.3, -0.25) is 9.78 Å². The number of amides is 1. The predicted octanol–water partition coefficient (Wildman–Crippen LogP) is 4.66. The van der Waals surface area contributed by atoms with E-state index >= 15 is 0 Å². The molecule has 0 radical (unpaired) electrons. The van der Waals surface area contributed by atoms with Crippen molar-refractivity contribution in [3.8, 4) is 5.69 Å². The highest BCUT2D eigenvalue weighted by atomic mass is 32.2. The number of hydrogen-bond acceptors (Lipinski definition) is 5. The van der Waals surface area contributed by atoms with Gasteiger partial charge in [0.2, 0.25) is 5.91 Å². The van der Waals surface area contributed by atoms with Gasteiger partial charge in [-0.25, -0.2) is 4.39 Å². The third-order valence-electron chi connectivity index (χ3n) is 9.10. The summed E-state index contributed by atoms with van der Waals surface area (Å²) in [6.07, 6.45) is 11.4. The fourth-order valence-corrected chi connectivity index (χ4v) is 8.25. The Labute approximate surface area is 238 Å². The van der Waals surface area contributed by atoms with Gasteiger partial charge in [0.15, 0.2) is 6.54 Å². The highest BCUT2D eigenvalue weighted by molar-refractivity contribution is 7.72. The molecule has 0 N–H and O–H groups in total. The van der Waals surface area contributed by atoms with Crippen LogP contribution in [0.4, 0.5) is 4.39 Å². The van der Waals surface area contributed by atoms with E-state index < -0.39 is 10.6 Å². The topological polar surface area (TPSA) is 61.5 Å². The molecule has 0 unspecified atom stereocenters. The molecule has 0 saturated carbocycles. The molecular weight excluding hydrogens is 525 g/mol. The van der Waals surface area contributed by atoms with Gasteiger partial charge in [0.05, 0.1) is 17.4 Å². The molecule has 2 fully saturated rings. The van der Waals surface area contributed by atoms with E-state index in [0.717, 1.165) is 87.3 Å². The van der Waals surface area contributed by atoms with E-state index in [9.17, 15) is 13.4 Å². The van der Waals surface area contributed by atoms with E-state index in [2.05, 4.69) is 27.6 Å². The molecule has 0 bridgehead atoms. The Hall–Kier alpha value is -2.78. The first-order valence-electron chi connectivity index (χ1n) is 14.7. The number of aryl methyl sites for hydroxylation is 1. The number of carbonyl (C=O) groups is 1. The van der Waals surface area contributed by atoms with Crippen molar-refractivity contribution >= 4 is 27.4 Å². The van der Waals surface area contributed by atoms with Crippen molar-refractivity contribution in [2.24, 2.45) is 11.8 Å². The average Bonchev–Trinajstić information content (AvgIpc) is 3.65. The lowest BCUT2D eigenvalue weighted by Gasteiger charge is -2.33. The van der Waals surface area contributed by atoms with E-state index in [0.29, 0.717) is 24.1 Å². The van der Waals surface area contributed by atoms with Gasteiger partial charge in [-0.1, -0.05) is 0 Å². The van der Waals surface area contributed by atoms with Gasteiger partial charge < -0.3 is 22.5 Å². The number of hydrogen-bond donors (Lipinski definition) is 0. The Morgan fingerprint density at radius 3 is 2.67 bits per heavy atom. The molecule has 1 aromatic carbocycles. The van der Waals surface area contributed by atoms with Crippen molar-refractivity contribution in [1.29, 1.82) is 0 Å². The van der Waals surface area contributed by atoms with Gasteiger partial charge in [0.1, 0.15) is 12.4 Å². The number of aromatic nitrogens is 2. The maximum absolute atomic E-state index is 14.4. The lowest BCUT2D eigenvalue weighted by Crippen LogP contribution is -2.40. The molecule has 3 aliphatic heterocycles. The smallest absolute Gasteiger partial charge is 0.219 e. The molecule has 214 valence electrons. The third kappa shape index (κ3) is 5.68. The molecule has 6 rings (SSSR count). The largest absolute Gasteiger partial charge is 0.400 e. The molecule has 0 spiro atoms. The van der Waals surface area contributed by atoms with Crippen molar-refractivity contribution < 1.29 is 17.3 Å². The molecule has 2 aromatic heterocycles. The summed E-state index contributed by atoms with van der Waals surface area (Å²) in [7, 11) is -1.00. The van der Waals surface area contributed by atoms with Crippen LogP contribution in [0.1, 0.15) is 49.3 Å². The summed E-state index contributed by atoms with van der Waals surface area (Å²) in [6, 6.07) is 4.96. The summed E-state index contributed by atoms with van der Waals surface area (Å²) in [5.41, 5.74) is 5.29. The average molecular weight is 566 g/mol. The van der Waals surface area contributed by atoms with E-state index in [4.69, 9.17) is 0 Å². The lowest BCUT2D eigenvalue weighted by atomic mass is 9.96. The summed E-state index contributed by atoms with van der Waals surface area (Å²) in [5, 5.41) is 1.24. The summed E-state index contributed by atoms with van der Waals surface area (Å²) in [4.78, 5) is 20.8. The molecule has 7 nitrogen and oxygen atoms in total. The van der Waals surface area contributed by atoms with Gasteiger partial charge in [0, 0.05) is 56.4 Å². The van der Waals surface area contributed by atoms with Crippen LogP contribution in [0, 0.1) is 24.6 Å². The maximum Gasteiger partial charge on any atom is 0.219 e. The number of pyridine rings is 1. The number of benzene rings is 1. The van der Waals surface area contributed by atoms with Crippen LogP contribution in [-0.4, -0.2) is 74.2 Å². The van der Waals surface area contributed by atoms with Crippen LogP contribution in [0.15, 0.2) is 36.8 Å². The standard InChI is InChI=1S/C31H40FN5O2S/c1-22-16-33-17-30-31(22)27(14-25-6-10-34(19-25)18-24-7-11-35(12-8-24)23(2)38)21-37(30)29-5-4-28(32)15-26(29)20-36-9-3-13-40(36)39/h4-5,15-17,21,24-25H,3,6-14,18-20H2,1-2H3/t25-/m0/s1. The van der Waals surface area contributed by atoms with Crippen molar-refractivity contribution in [3.05, 3.63) is 59.3 Å². The number of rotatable bonds is 7. The van der Waals surface area contributed by atoms with Crippen molar-refractivity contribution in [2.75, 3.05) is 45.0 Å². The van der Waals surface area contributed by atoms with E-state index in [1.54, 1.807) is 13.0 Å². The summed E-state index contributed by atoms with van der Waals surface area (Å²) in [5.74, 6) is 1.87. The fraction of sp³-hybridized carbons (Fsp3) is 0.548. The molecule has 3 aromatic rings.